The third-order valence-electron chi connectivity index (χ3n) is 3.21. The molecule has 0 aromatic heterocycles. The van der Waals surface area contributed by atoms with E-state index in [1.54, 1.807) is 33.2 Å². The molecule has 1 atom stereocenters. The van der Waals surface area contributed by atoms with Crippen molar-refractivity contribution in [1.82, 2.24) is 10.2 Å². The maximum atomic E-state index is 12.2. The fourth-order valence-corrected chi connectivity index (χ4v) is 2.95. The van der Waals surface area contributed by atoms with Gasteiger partial charge in [-0.05, 0) is 31.5 Å². The van der Waals surface area contributed by atoms with Crippen LogP contribution in [0.1, 0.15) is 18.1 Å². The van der Waals surface area contributed by atoms with E-state index < -0.39 is 12.1 Å². The highest BCUT2D eigenvalue weighted by atomic mass is 35.5. The number of amides is 2. The van der Waals surface area contributed by atoms with Crippen molar-refractivity contribution in [2.45, 2.75) is 19.9 Å². The van der Waals surface area contributed by atoms with Gasteiger partial charge in [-0.3, -0.25) is 4.79 Å². The highest BCUT2D eigenvalue weighted by Gasteiger charge is 2.35. The average Bonchev–Trinajstić information content (AvgIpc) is 2.64. The van der Waals surface area contributed by atoms with Crippen LogP contribution >= 0.6 is 23.2 Å². The van der Waals surface area contributed by atoms with Crippen molar-refractivity contribution in [2.24, 2.45) is 0 Å². The first-order valence-electron chi connectivity index (χ1n) is 6.62. The summed E-state index contributed by atoms with van der Waals surface area (Å²) in [5, 5.41) is 3.37. The van der Waals surface area contributed by atoms with Gasteiger partial charge in [0.2, 0.25) is 0 Å². The van der Waals surface area contributed by atoms with E-state index in [1.165, 1.54) is 4.90 Å². The van der Waals surface area contributed by atoms with E-state index in [9.17, 15) is 9.59 Å². The Morgan fingerprint density at radius 2 is 1.82 bits per heavy atom. The molecule has 2 amide bonds. The number of rotatable bonds is 2. The number of benzene rings is 1. The fourth-order valence-electron chi connectivity index (χ4n) is 2.16. The Morgan fingerprint density at radius 1 is 1.27 bits per heavy atom. The molecule has 0 aliphatic carbocycles. The van der Waals surface area contributed by atoms with Crippen LogP contribution in [-0.4, -0.2) is 37.0 Å². The number of aryl methyl sites for hydroxylation is 1. The van der Waals surface area contributed by atoms with E-state index in [0.29, 0.717) is 15.6 Å². The highest BCUT2D eigenvalue weighted by Crippen LogP contribution is 2.37. The predicted molar refractivity (Wildman–Crippen MR) is 85.9 cm³/mol. The van der Waals surface area contributed by atoms with Crippen LogP contribution in [-0.2, 0) is 9.53 Å². The molecular weight excluding hydrogens is 327 g/mol. The van der Waals surface area contributed by atoms with Gasteiger partial charge < -0.3 is 15.0 Å². The Bertz CT molecular complexity index is 660. The molecule has 0 bridgehead atoms. The summed E-state index contributed by atoms with van der Waals surface area (Å²) in [5.41, 5.74) is 1.44. The van der Waals surface area contributed by atoms with Gasteiger partial charge in [-0.25, -0.2) is 4.79 Å². The molecule has 1 aliphatic rings. The van der Waals surface area contributed by atoms with E-state index in [0.717, 1.165) is 5.56 Å². The fraction of sp³-hybridized carbons (Fsp3) is 0.333. The lowest BCUT2D eigenvalue weighted by Crippen LogP contribution is -2.29. The van der Waals surface area contributed by atoms with Crippen LogP contribution in [0.5, 0.6) is 0 Å². The van der Waals surface area contributed by atoms with E-state index in [4.69, 9.17) is 27.9 Å². The average molecular weight is 343 g/mol. The number of nitrogens with one attached hydrogen (secondary N) is 1. The number of nitrogens with zero attached hydrogens (tertiary/aromatic N) is 1. The summed E-state index contributed by atoms with van der Waals surface area (Å²) >= 11 is 12.5. The zero-order chi connectivity index (χ0) is 16.6. The molecule has 22 heavy (non-hydrogen) atoms. The van der Waals surface area contributed by atoms with Crippen LogP contribution in [0.2, 0.25) is 10.0 Å². The van der Waals surface area contributed by atoms with Crippen LogP contribution in [0.4, 0.5) is 4.79 Å². The zero-order valence-electron chi connectivity index (χ0n) is 12.7. The predicted octanol–water partition coefficient (Wildman–Crippen LogP) is 3.23. The molecule has 0 saturated heterocycles. The first-order chi connectivity index (χ1) is 10.2. The van der Waals surface area contributed by atoms with Crippen molar-refractivity contribution in [2.75, 3.05) is 14.1 Å². The molecule has 0 saturated carbocycles. The number of carbonyl (C=O) groups excluding carboxylic acids is 2. The molecule has 0 fully saturated rings. The van der Waals surface area contributed by atoms with Crippen molar-refractivity contribution < 1.29 is 14.3 Å². The van der Waals surface area contributed by atoms with Crippen molar-refractivity contribution >= 4 is 40.8 Å². The second-order valence-corrected chi connectivity index (χ2v) is 6.11. The van der Waals surface area contributed by atoms with Crippen LogP contribution < -0.4 is 5.32 Å². The number of halogens is 2. The Hall–Kier alpha value is -1.72. The lowest BCUT2D eigenvalue weighted by atomic mass is 10.0. The number of hydrogen-bond acceptors (Lipinski definition) is 3. The minimum atomic E-state index is -0.574. The SMILES string of the molecule is Cc1cc(Cl)c(C2=C(OC(=O)N(C)C)C(C)NC2=O)c(Cl)c1. The summed E-state index contributed by atoms with van der Waals surface area (Å²) in [5.74, 6) is -0.155. The summed E-state index contributed by atoms with van der Waals surface area (Å²) in [6, 6.07) is 2.97. The smallest absolute Gasteiger partial charge is 0.412 e. The third kappa shape index (κ3) is 3.05. The summed E-state index contributed by atoms with van der Waals surface area (Å²) in [7, 11) is 3.12. The molecule has 1 aromatic carbocycles. The van der Waals surface area contributed by atoms with Crippen molar-refractivity contribution in [3.63, 3.8) is 0 Å². The van der Waals surface area contributed by atoms with Crippen LogP contribution in [0.25, 0.3) is 5.57 Å². The van der Waals surface area contributed by atoms with Gasteiger partial charge in [0.15, 0.2) is 0 Å². The number of carbonyl (C=O) groups is 2. The van der Waals surface area contributed by atoms with Crippen molar-refractivity contribution in [3.05, 3.63) is 39.1 Å². The van der Waals surface area contributed by atoms with E-state index in [-0.39, 0.29) is 17.2 Å². The van der Waals surface area contributed by atoms with Crippen molar-refractivity contribution in [3.8, 4) is 0 Å². The van der Waals surface area contributed by atoms with Gasteiger partial charge in [0.1, 0.15) is 5.76 Å². The van der Waals surface area contributed by atoms with Gasteiger partial charge in [0.25, 0.3) is 5.91 Å². The Balaban J connectivity index is 2.59. The van der Waals surface area contributed by atoms with E-state index in [2.05, 4.69) is 5.32 Å². The van der Waals surface area contributed by atoms with Crippen LogP contribution in [0.3, 0.4) is 0 Å². The van der Waals surface area contributed by atoms with Crippen molar-refractivity contribution in [1.29, 1.82) is 0 Å². The second kappa shape index (κ2) is 6.18. The summed E-state index contributed by atoms with van der Waals surface area (Å²) < 4.78 is 5.33. The molecule has 118 valence electrons. The number of hydrogen-bond donors (Lipinski definition) is 1. The molecule has 1 aromatic rings. The molecule has 1 N–H and O–H groups in total. The van der Waals surface area contributed by atoms with Crippen LogP contribution in [0.15, 0.2) is 17.9 Å². The second-order valence-electron chi connectivity index (χ2n) is 5.30. The molecular formula is C15H16Cl2N2O3. The van der Waals surface area contributed by atoms with E-state index >= 15 is 0 Å². The van der Waals surface area contributed by atoms with Crippen LogP contribution in [0, 0.1) is 6.92 Å². The van der Waals surface area contributed by atoms with Gasteiger partial charge in [-0.2, -0.15) is 0 Å². The standard InChI is InChI=1S/C15H16Cl2N2O3/c1-7-5-9(16)11(10(17)6-7)12-13(8(2)18-14(12)20)22-15(21)19(3)4/h5-6,8H,1-4H3,(H,18,20). The van der Waals surface area contributed by atoms with Gasteiger partial charge in [0, 0.05) is 19.7 Å². The minimum absolute atomic E-state index is 0.192. The highest BCUT2D eigenvalue weighted by molar-refractivity contribution is 6.41. The maximum absolute atomic E-state index is 12.2. The largest absolute Gasteiger partial charge is 0.414 e. The molecule has 5 nitrogen and oxygen atoms in total. The summed E-state index contributed by atoms with van der Waals surface area (Å²) in [6.45, 7) is 3.57. The zero-order valence-corrected chi connectivity index (χ0v) is 14.2. The molecule has 0 spiro atoms. The normalized spacial score (nSPS) is 17.5. The van der Waals surface area contributed by atoms with Gasteiger partial charge in [0.05, 0.1) is 21.7 Å². The van der Waals surface area contributed by atoms with Gasteiger partial charge >= 0.3 is 6.09 Å². The molecule has 7 heteroatoms. The third-order valence-corrected chi connectivity index (χ3v) is 3.81. The summed E-state index contributed by atoms with van der Waals surface area (Å²) in [4.78, 5) is 25.3. The first kappa shape index (κ1) is 16.6. The molecule has 1 unspecified atom stereocenters. The molecule has 0 radical (unpaired) electrons. The van der Waals surface area contributed by atoms with Gasteiger partial charge in [-0.15, -0.1) is 0 Å². The maximum Gasteiger partial charge on any atom is 0.414 e. The lowest BCUT2D eigenvalue weighted by molar-refractivity contribution is -0.115. The first-order valence-corrected chi connectivity index (χ1v) is 7.38. The molecule has 2 rings (SSSR count). The topological polar surface area (TPSA) is 58.6 Å². The number of ether oxygens (including phenoxy) is 1. The molecule has 1 aliphatic heterocycles. The quantitative estimate of drug-likeness (QED) is 0.897. The molecule has 1 heterocycles. The lowest BCUT2D eigenvalue weighted by Gasteiger charge is -2.15. The summed E-state index contributed by atoms with van der Waals surface area (Å²) in [6.07, 6.45) is -0.574. The van der Waals surface area contributed by atoms with E-state index in [1.807, 2.05) is 6.92 Å². The Labute approximate surface area is 138 Å². The minimum Gasteiger partial charge on any atom is -0.412 e. The Kier molecular flexibility index (Phi) is 4.68. The monoisotopic (exact) mass is 342 g/mol. The Morgan fingerprint density at radius 3 is 2.32 bits per heavy atom. The van der Waals surface area contributed by atoms with Gasteiger partial charge in [-0.1, -0.05) is 23.2 Å².